The van der Waals surface area contributed by atoms with Crippen molar-refractivity contribution in [3.05, 3.63) is 34.9 Å². The standard InChI is InChI=1S/C17H22N4O3/c1-10(18)7-19-8-11-2-3-13-12(6-11)9-21(17(13)24)14-4-5-15(22)20-16(14)23/h2-3,6,10,14,19H,4-5,7-9,18H2,1H3,(H,20,22,23)/t10-,14?/m0/s1. The third-order valence-electron chi connectivity index (χ3n) is 4.38. The number of amides is 3. The summed E-state index contributed by atoms with van der Waals surface area (Å²) in [5, 5.41) is 5.57. The molecule has 0 aliphatic carbocycles. The molecule has 1 fully saturated rings. The Hall–Kier alpha value is -2.25. The summed E-state index contributed by atoms with van der Waals surface area (Å²) in [4.78, 5) is 37.4. The SMILES string of the molecule is C[C@H](N)CNCc1ccc2c(c1)CN(C1CCC(=O)NC1=O)C2=O. The molecule has 2 aliphatic heterocycles. The highest BCUT2D eigenvalue weighted by atomic mass is 16.2. The number of hydrogen-bond acceptors (Lipinski definition) is 5. The number of rotatable bonds is 5. The van der Waals surface area contributed by atoms with Gasteiger partial charge in [0, 0.05) is 37.7 Å². The number of benzene rings is 1. The van der Waals surface area contributed by atoms with Crippen molar-refractivity contribution in [2.45, 2.75) is 44.9 Å². The fourth-order valence-corrected chi connectivity index (χ4v) is 3.18. The number of nitrogens with one attached hydrogen (secondary N) is 2. The van der Waals surface area contributed by atoms with Crippen molar-refractivity contribution in [3.8, 4) is 0 Å². The summed E-state index contributed by atoms with van der Waals surface area (Å²) in [6.45, 7) is 3.74. The van der Waals surface area contributed by atoms with E-state index in [1.165, 1.54) is 0 Å². The van der Waals surface area contributed by atoms with Gasteiger partial charge in [0.05, 0.1) is 0 Å². The number of nitrogens with zero attached hydrogens (tertiary/aromatic N) is 1. The molecule has 0 radical (unpaired) electrons. The summed E-state index contributed by atoms with van der Waals surface area (Å²) in [5.74, 6) is -0.802. The van der Waals surface area contributed by atoms with E-state index in [2.05, 4.69) is 10.6 Å². The molecule has 1 saturated heterocycles. The molecule has 7 nitrogen and oxygen atoms in total. The van der Waals surface area contributed by atoms with Crippen LogP contribution in [0.3, 0.4) is 0 Å². The Bertz CT molecular complexity index is 686. The highest BCUT2D eigenvalue weighted by Crippen LogP contribution is 2.28. The maximum atomic E-state index is 12.6. The highest BCUT2D eigenvalue weighted by Gasteiger charge is 2.38. The second kappa shape index (κ2) is 6.70. The summed E-state index contributed by atoms with van der Waals surface area (Å²) < 4.78 is 0. The van der Waals surface area contributed by atoms with Gasteiger partial charge < -0.3 is 16.0 Å². The van der Waals surface area contributed by atoms with Gasteiger partial charge in [-0.1, -0.05) is 12.1 Å². The van der Waals surface area contributed by atoms with Gasteiger partial charge in [-0.3, -0.25) is 19.7 Å². The number of fused-ring (bicyclic) bond motifs is 1. The molecule has 1 aromatic rings. The summed E-state index contributed by atoms with van der Waals surface area (Å²) in [6.07, 6.45) is 0.649. The van der Waals surface area contributed by atoms with E-state index < -0.39 is 6.04 Å². The first-order chi connectivity index (χ1) is 11.5. The number of carbonyl (C=O) groups excluding carboxylic acids is 3. The Morgan fingerprint density at radius 1 is 1.38 bits per heavy atom. The Kier molecular flexibility index (Phi) is 4.64. The van der Waals surface area contributed by atoms with E-state index in [9.17, 15) is 14.4 Å². The molecule has 0 spiro atoms. The molecule has 2 atom stereocenters. The molecule has 128 valence electrons. The molecule has 3 rings (SSSR count). The number of nitrogens with two attached hydrogens (primary N) is 1. The van der Waals surface area contributed by atoms with E-state index in [0.29, 0.717) is 25.1 Å². The monoisotopic (exact) mass is 330 g/mol. The predicted molar refractivity (Wildman–Crippen MR) is 87.8 cm³/mol. The minimum absolute atomic E-state index is 0.0871. The fraction of sp³-hybridized carbons (Fsp3) is 0.471. The summed E-state index contributed by atoms with van der Waals surface area (Å²) in [5.41, 5.74) is 8.35. The lowest BCUT2D eigenvalue weighted by molar-refractivity contribution is -0.136. The van der Waals surface area contributed by atoms with Gasteiger partial charge in [0.1, 0.15) is 6.04 Å². The van der Waals surface area contributed by atoms with Crippen molar-refractivity contribution >= 4 is 17.7 Å². The van der Waals surface area contributed by atoms with Crippen molar-refractivity contribution in [1.82, 2.24) is 15.5 Å². The third kappa shape index (κ3) is 3.32. The van der Waals surface area contributed by atoms with Crippen LogP contribution in [0.25, 0.3) is 0 Å². The average Bonchev–Trinajstić information content (AvgIpc) is 2.83. The smallest absolute Gasteiger partial charge is 0.255 e. The largest absolute Gasteiger partial charge is 0.327 e. The predicted octanol–water partition coefficient (Wildman–Crippen LogP) is -0.116. The van der Waals surface area contributed by atoms with Crippen LogP contribution < -0.4 is 16.4 Å². The zero-order chi connectivity index (χ0) is 17.3. The summed E-state index contributed by atoms with van der Waals surface area (Å²) >= 11 is 0. The van der Waals surface area contributed by atoms with Gasteiger partial charge in [-0.25, -0.2) is 0 Å². The molecule has 2 aliphatic rings. The van der Waals surface area contributed by atoms with E-state index in [4.69, 9.17) is 5.73 Å². The van der Waals surface area contributed by atoms with E-state index in [1.807, 2.05) is 25.1 Å². The number of piperidine rings is 1. The summed E-state index contributed by atoms with van der Waals surface area (Å²) in [6, 6.07) is 5.24. The van der Waals surface area contributed by atoms with Crippen LogP contribution in [0.2, 0.25) is 0 Å². The Labute approximate surface area is 140 Å². The lowest BCUT2D eigenvalue weighted by Crippen LogP contribution is -2.52. The van der Waals surface area contributed by atoms with Crippen molar-refractivity contribution in [2.24, 2.45) is 5.73 Å². The van der Waals surface area contributed by atoms with Crippen LogP contribution in [0.4, 0.5) is 0 Å². The number of imide groups is 1. The number of carbonyl (C=O) groups is 3. The van der Waals surface area contributed by atoms with Crippen LogP contribution in [0.15, 0.2) is 18.2 Å². The maximum Gasteiger partial charge on any atom is 0.255 e. The average molecular weight is 330 g/mol. The zero-order valence-corrected chi connectivity index (χ0v) is 13.7. The van der Waals surface area contributed by atoms with Gasteiger partial charge in [-0.05, 0) is 30.5 Å². The fourth-order valence-electron chi connectivity index (χ4n) is 3.18. The van der Waals surface area contributed by atoms with Crippen LogP contribution in [0.5, 0.6) is 0 Å². The van der Waals surface area contributed by atoms with Crippen molar-refractivity contribution in [1.29, 1.82) is 0 Å². The Morgan fingerprint density at radius 3 is 2.88 bits per heavy atom. The molecular formula is C17H22N4O3. The van der Waals surface area contributed by atoms with Crippen LogP contribution in [-0.4, -0.2) is 41.2 Å². The Morgan fingerprint density at radius 2 is 2.17 bits per heavy atom. The lowest BCUT2D eigenvalue weighted by atomic mass is 10.0. The van der Waals surface area contributed by atoms with Gasteiger partial charge in [-0.2, -0.15) is 0 Å². The van der Waals surface area contributed by atoms with E-state index >= 15 is 0 Å². The lowest BCUT2D eigenvalue weighted by Gasteiger charge is -2.29. The molecule has 0 bridgehead atoms. The topological polar surface area (TPSA) is 105 Å². The quantitative estimate of drug-likeness (QED) is 0.653. The van der Waals surface area contributed by atoms with Crippen molar-refractivity contribution in [2.75, 3.05) is 6.54 Å². The minimum Gasteiger partial charge on any atom is -0.327 e. The van der Waals surface area contributed by atoms with Crippen LogP contribution in [0.1, 0.15) is 41.3 Å². The molecule has 3 amide bonds. The first-order valence-corrected chi connectivity index (χ1v) is 8.18. The first kappa shape index (κ1) is 16.6. The van der Waals surface area contributed by atoms with Gasteiger partial charge in [0.25, 0.3) is 5.91 Å². The van der Waals surface area contributed by atoms with E-state index in [0.717, 1.165) is 17.7 Å². The zero-order valence-electron chi connectivity index (χ0n) is 13.7. The van der Waals surface area contributed by atoms with Gasteiger partial charge in [-0.15, -0.1) is 0 Å². The molecule has 1 unspecified atom stereocenters. The molecule has 4 N–H and O–H groups in total. The molecule has 7 heteroatoms. The van der Waals surface area contributed by atoms with Crippen LogP contribution in [-0.2, 0) is 22.7 Å². The first-order valence-electron chi connectivity index (χ1n) is 8.18. The second-order valence-electron chi connectivity index (χ2n) is 6.50. The van der Waals surface area contributed by atoms with E-state index in [-0.39, 0.29) is 30.2 Å². The molecule has 2 heterocycles. The number of hydrogen-bond donors (Lipinski definition) is 3. The second-order valence-corrected chi connectivity index (χ2v) is 6.50. The van der Waals surface area contributed by atoms with E-state index in [1.54, 1.807) is 4.90 Å². The molecule has 24 heavy (non-hydrogen) atoms. The molecular weight excluding hydrogens is 308 g/mol. The van der Waals surface area contributed by atoms with Crippen LogP contribution in [0, 0.1) is 0 Å². The molecule has 0 aromatic heterocycles. The minimum atomic E-state index is -0.567. The van der Waals surface area contributed by atoms with Gasteiger partial charge >= 0.3 is 0 Å². The van der Waals surface area contributed by atoms with Crippen molar-refractivity contribution in [3.63, 3.8) is 0 Å². The van der Waals surface area contributed by atoms with Crippen molar-refractivity contribution < 1.29 is 14.4 Å². The molecule has 1 aromatic carbocycles. The Balaban J connectivity index is 1.70. The highest BCUT2D eigenvalue weighted by molar-refractivity contribution is 6.05. The van der Waals surface area contributed by atoms with Gasteiger partial charge in [0.15, 0.2) is 0 Å². The van der Waals surface area contributed by atoms with Crippen LogP contribution >= 0.6 is 0 Å². The molecule has 0 saturated carbocycles. The third-order valence-corrected chi connectivity index (χ3v) is 4.38. The van der Waals surface area contributed by atoms with Gasteiger partial charge in [0.2, 0.25) is 11.8 Å². The normalized spacial score (nSPS) is 21.7. The summed E-state index contributed by atoms with van der Waals surface area (Å²) in [7, 11) is 0. The maximum absolute atomic E-state index is 12.6.